The van der Waals surface area contributed by atoms with Gasteiger partial charge in [-0.1, -0.05) is 44.2 Å². The second kappa shape index (κ2) is 5.69. The van der Waals surface area contributed by atoms with Crippen molar-refractivity contribution in [2.75, 3.05) is 0 Å². The SMILES string of the molecule is CC(C)(CCCc1ccccc1)CC(=O)O. The Hall–Kier alpha value is -1.31. The molecule has 2 heteroatoms. The zero-order valence-electron chi connectivity index (χ0n) is 10.1. The van der Waals surface area contributed by atoms with Gasteiger partial charge in [0.25, 0.3) is 0 Å². The van der Waals surface area contributed by atoms with E-state index in [0.717, 1.165) is 19.3 Å². The fraction of sp³-hybridized carbons (Fsp3) is 0.500. The van der Waals surface area contributed by atoms with Crippen LogP contribution in [0.25, 0.3) is 0 Å². The molecule has 1 rings (SSSR count). The van der Waals surface area contributed by atoms with Gasteiger partial charge in [-0.3, -0.25) is 4.79 Å². The molecule has 0 bridgehead atoms. The van der Waals surface area contributed by atoms with Crippen molar-refractivity contribution in [1.29, 1.82) is 0 Å². The van der Waals surface area contributed by atoms with Gasteiger partial charge >= 0.3 is 5.97 Å². The van der Waals surface area contributed by atoms with E-state index in [4.69, 9.17) is 5.11 Å². The Labute approximate surface area is 97.3 Å². The van der Waals surface area contributed by atoms with Crippen molar-refractivity contribution in [3.63, 3.8) is 0 Å². The third kappa shape index (κ3) is 4.96. The average Bonchev–Trinajstić information content (AvgIpc) is 2.16. The first-order chi connectivity index (χ1) is 7.49. The summed E-state index contributed by atoms with van der Waals surface area (Å²) in [6, 6.07) is 10.3. The number of hydrogen-bond acceptors (Lipinski definition) is 1. The van der Waals surface area contributed by atoms with Crippen molar-refractivity contribution in [2.24, 2.45) is 5.41 Å². The molecule has 88 valence electrons. The molecule has 0 radical (unpaired) electrons. The highest BCUT2D eigenvalue weighted by molar-refractivity contribution is 5.67. The maximum absolute atomic E-state index is 10.6. The molecule has 0 aliphatic heterocycles. The predicted molar refractivity (Wildman–Crippen MR) is 65.4 cm³/mol. The normalized spacial score (nSPS) is 11.4. The zero-order valence-corrected chi connectivity index (χ0v) is 10.1. The lowest BCUT2D eigenvalue weighted by atomic mass is 9.83. The molecule has 2 nitrogen and oxygen atoms in total. The maximum atomic E-state index is 10.6. The molecule has 1 aromatic carbocycles. The highest BCUT2D eigenvalue weighted by Gasteiger charge is 2.20. The van der Waals surface area contributed by atoms with Crippen molar-refractivity contribution < 1.29 is 9.90 Å². The summed E-state index contributed by atoms with van der Waals surface area (Å²) in [4.78, 5) is 10.6. The van der Waals surface area contributed by atoms with E-state index >= 15 is 0 Å². The summed E-state index contributed by atoms with van der Waals surface area (Å²) >= 11 is 0. The fourth-order valence-electron chi connectivity index (χ4n) is 1.91. The van der Waals surface area contributed by atoms with Gasteiger partial charge in [-0.25, -0.2) is 0 Å². The van der Waals surface area contributed by atoms with Gasteiger partial charge in [-0.05, 0) is 30.2 Å². The molecule has 0 unspecified atom stereocenters. The maximum Gasteiger partial charge on any atom is 0.303 e. The number of carboxylic acids is 1. The van der Waals surface area contributed by atoms with Crippen LogP contribution in [-0.2, 0) is 11.2 Å². The second-order valence-corrected chi connectivity index (χ2v) is 5.07. The summed E-state index contributed by atoms with van der Waals surface area (Å²) in [5.41, 5.74) is 1.23. The molecular formula is C14H20O2. The van der Waals surface area contributed by atoms with Gasteiger partial charge in [0.05, 0.1) is 6.42 Å². The van der Waals surface area contributed by atoms with Crippen molar-refractivity contribution in [3.05, 3.63) is 35.9 Å². The Balaban J connectivity index is 2.32. The Morgan fingerprint density at radius 1 is 1.25 bits per heavy atom. The van der Waals surface area contributed by atoms with E-state index in [2.05, 4.69) is 12.1 Å². The highest BCUT2D eigenvalue weighted by atomic mass is 16.4. The van der Waals surface area contributed by atoms with Crippen LogP contribution in [-0.4, -0.2) is 11.1 Å². The van der Waals surface area contributed by atoms with E-state index in [1.165, 1.54) is 5.56 Å². The molecule has 0 fully saturated rings. The van der Waals surface area contributed by atoms with Crippen molar-refractivity contribution in [1.82, 2.24) is 0 Å². The van der Waals surface area contributed by atoms with Crippen LogP contribution in [0.3, 0.4) is 0 Å². The first kappa shape index (κ1) is 12.8. The summed E-state index contributed by atoms with van der Waals surface area (Å²) in [5.74, 6) is -0.704. The van der Waals surface area contributed by atoms with E-state index in [1.807, 2.05) is 32.0 Å². The summed E-state index contributed by atoms with van der Waals surface area (Å²) in [6.45, 7) is 4.04. The van der Waals surface area contributed by atoms with Crippen LogP contribution in [0.1, 0.15) is 38.7 Å². The Bertz CT molecular complexity index is 328. The van der Waals surface area contributed by atoms with Gasteiger partial charge in [-0.2, -0.15) is 0 Å². The van der Waals surface area contributed by atoms with Crippen LogP contribution >= 0.6 is 0 Å². The van der Waals surface area contributed by atoms with E-state index in [9.17, 15) is 4.79 Å². The molecule has 1 aromatic rings. The summed E-state index contributed by atoms with van der Waals surface area (Å²) < 4.78 is 0. The topological polar surface area (TPSA) is 37.3 Å². The fourth-order valence-corrected chi connectivity index (χ4v) is 1.91. The number of rotatable bonds is 6. The minimum Gasteiger partial charge on any atom is -0.481 e. The first-order valence-corrected chi connectivity index (χ1v) is 5.75. The minimum absolute atomic E-state index is 0.0966. The van der Waals surface area contributed by atoms with Gasteiger partial charge in [0.1, 0.15) is 0 Å². The van der Waals surface area contributed by atoms with E-state index in [0.29, 0.717) is 0 Å². The van der Waals surface area contributed by atoms with Gasteiger partial charge in [-0.15, -0.1) is 0 Å². The third-order valence-corrected chi connectivity index (χ3v) is 2.79. The van der Waals surface area contributed by atoms with Crippen molar-refractivity contribution in [2.45, 2.75) is 39.5 Å². The quantitative estimate of drug-likeness (QED) is 0.796. The largest absolute Gasteiger partial charge is 0.481 e. The van der Waals surface area contributed by atoms with Crippen LogP contribution in [0.2, 0.25) is 0 Å². The smallest absolute Gasteiger partial charge is 0.303 e. The lowest BCUT2D eigenvalue weighted by Crippen LogP contribution is -2.16. The third-order valence-electron chi connectivity index (χ3n) is 2.79. The molecule has 16 heavy (non-hydrogen) atoms. The highest BCUT2D eigenvalue weighted by Crippen LogP contribution is 2.27. The zero-order chi connectivity index (χ0) is 12.0. The summed E-state index contributed by atoms with van der Waals surface area (Å²) in [7, 11) is 0. The van der Waals surface area contributed by atoms with E-state index in [1.54, 1.807) is 0 Å². The lowest BCUT2D eigenvalue weighted by Gasteiger charge is -2.22. The molecule has 0 saturated carbocycles. The van der Waals surface area contributed by atoms with Crippen molar-refractivity contribution >= 4 is 5.97 Å². The van der Waals surface area contributed by atoms with Crippen LogP contribution in [0.4, 0.5) is 0 Å². The number of aryl methyl sites for hydroxylation is 1. The molecule has 1 N–H and O–H groups in total. The van der Waals surface area contributed by atoms with Gasteiger partial charge in [0, 0.05) is 0 Å². The van der Waals surface area contributed by atoms with Crippen LogP contribution in [0, 0.1) is 5.41 Å². The summed E-state index contributed by atoms with van der Waals surface area (Å²) in [6.07, 6.45) is 3.28. The van der Waals surface area contributed by atoms with Crippen molar-refractivity contribution in [3.8, 4) is 0 Å². The predicted octanol–water partition coefficient (Wildman–Crippen LogP) is 3.51. The van der Waals surface area contributed by atoms with E-state index < -0.39 is 5.97 Å². The van der Waals surface area contributed by atoms with Gasteiger partial charge in [0.2, 0.25) is 0 Å². The van der Waals surface area contributed by atoms with Crippen LogP contribution in [0.5, 0.6) is 0 Å². The molecule has 0 aliphatic carbocycles. The van der Waals surface area contributed by atoms with Gasteiger partial charge < -0.3 is 5.11 Å². The standard InChI is InChI=1S/C14H20O2/c1-14(2,11-13(15)16)10-6-9-12-7-4-3-5-8-12/h3-5,7-8H,6,9-11H2,1-2H3,(H,15,16). The Morgan fingerprint density at radius 3 is 2.44 bits per heavy atom. The van der Waals surface area contributed by atoms with Gasteiger partial charge in [0.15, 0.2) is 0 Å². The molecule has 0 heterocycles. The summed E-state index contributed by atoms with van der Waals surface area (Å²) in [5, 5.41) is 8.77. The second-order valence-electron chi connectivity index (χ2n) is 5.07. The Morgan fingerprint density at radius 2 is 1.88 bits per heavy atom. The Kier molecular flexibility index (Phi) is 4.53. The number of benzene rings is 1. The monoisotopic (exact) mass is 220 g/mol. The molecule has 0 atom stereocenters. The lowest BCUT2D eigenvalue weighted by molar-refractivity contribution is -0.139. The molecular weight excluding hydrogens is 200 g/mol. The number of carboxylic acid groups (broad SMARTS) is 1. The minimum atomic E-state index is -0.704. The number of hydrogen-bond donors (Lipinski definition) is 1. The molecule has 0 aliphatic rings. The molecule has 0 saturated heterocycles. The van der Waals surface area contributed by atoms with Crippen LogP contribution in [0.15, 0.2) is 30.3 Å². The number of carbonyl (C=O) groups is 1. The number of aliphatic carboxylic acids is 1. The molecule has 0 amide bonds. The molecule has 0 spiro atoms. The molecule has 0 aromatic heterocycles. The first-order valence-electron chi connectivity index (χ1n) is 5.75. The average molecular weight is 220 g/mol. The van der Waals surface area contributed by atoms with E-state index in [-0.39, 0.29) is 11.8 Å². The van der Waals surface area contributed by atoms with Crippen LogP contribution < -0.4 is 0 Å².